The zero-order valence-corrected chi connectivity index (χ0v) is 19.6. The van der Waals surface area contributed by atoms with Gasteiger partial charge in [-0.1, -0.05) is 25.3 Å². The SMILES string of the molecule is O=C(c1ccc2c(=O)n(Cc3ccc(O)c(O)c3)c(=O)[nH]c2c1)N1CCN(C2CCCCC2)CC1. The zero-order valence-electron chi connectivity index (χ0n) is 19.6. The van der Waals surface area contributed by atoms with Crippen molar-refractivity contribution in [3.8, 4) is 11.5 Å². The third-order valence-electron chi connectivity index (χ3n) is 7.30. The summed E-state index contributed by atoms with van der Waals surface area (Å²) >= 11 is 0. The minimum Gasteiger partial charge on any atom is -0.504 e. The highest BCUT2D eigenvalue weighted by Crippen LogP contribution is 2.25. The van der Waals surface area contributed by atoms with Crippen LogP contribution in [0.15, 0.2) is 46.0 Å². The van der Waals surface area contributed by atoms with Crippen LogP contribution in [0.25, 0.3) is 10.9 Å². The maximum absolute atomic E-state index is 13.2. The van der Waals surface area contributed by atoms with Crippen LogP contribution in [0.2, 0.25) is 0 Å². The molecule has 2 heterocycles. The highest BCUT2D eigenvalue weighted by Gasteiger charge is 2.27. The number of phenols is 2. The molecule has 0 atom stereocenters. The number of aromatic amines is 1. The Hall–Kier alpha value is -3.59. The summed E-state index contributed by atoms with van der Waals surface area (Å²) in [4.78, 5) is 45.9. The summed E-state index contributed by atoms with van der Waals surface area (Å²) in [5.41, 5.74) is 0.153. The Labute approximate surface area is 202 Å². The van der Waals surface area contributed by atoms with E-state index < -0.39 is 11.2 Å². The number of aromatic nitrogens is 2. The topological polar surface area (TPSA) is 119 Å². The van der Waals surface area contributed by atoms with E-state index in [9.17, 15) is 24.6 Å². The standard InChI is InChI=1S/C26H30N4O5/c31-22-9-6-17(14-23(22)32)16-30-25(34)20-8-7-18(15-21(20)27-26(30)35)24(33)29-12-10-28(11-13-29)19-4-2-1-3-5-19/h6-9,14-15,19,31-32H,1-5,10-13,16H2,(H,27,35). The fraction of sp³-hybridized carbons (Fsp3) is 0.423. The Morgan fingerprint density at radius 3 is 2.37 bits per heavy atom. The predicted molar refractivity (Wildman–Crippen MR) is 132 cm³/mol. The Balaban J connectivity index is 1.33. The minimum atomic E-state index is -0.610. The predicted octanol–water partition coefficient (Wildman–Crippen LogP) is 2.24. The molecular weight excluding hydrogens is 448 g/mol. The number of aromatic hydroxyl groups is 2. The van der Waals surface area contributed by atoms with Gasteiger partial charge in [0.1, 0.15) is 0 Å². The quantitative estimate of drug-likeness (QED) is 0.495. The van der Waals surface area contributed by atoms with Gasteiger partial charge in [0.2, 0.25) is 0 Å². The van der Waals surface area contributed by atoms with E-state index in [1.54, 1.807) is 18.2 Å². The number of piperazine rings is 1. The molecule has 35 heavy (non-hydrogen) atoms. The molecule has 3 aromatic rings. The van der Waals surface area contributed by atoms with Crippen LogP contribution in [-0.4, -0.2) is 67.7 Å². The van der Waals surface area contributed by atoms with E-state index in [0.29, 0.717) is 41.2 Å². The van der Waals surface area contributed by atoms with Gasteiger partial charge in [-0.15, -0.1) is 0 Å². The van der Waals surface area contributed by atoms with Crippen molar-refractivity contribution < 1.29 is 15.0 Å². The van der Waals surface area contributed by atoms with Crippen molar-refractivity contribution in [2.45, 2.75) is 44.7 Å². The normalized spacial score (nSPS) is 17.7. The van der Waals surface area contributed by atoms with E-state index in [2.05, 4.69) is 9.88 Å². The van der Waals surface area contributed by atoms with E-state index in [-0.39, 0.29) is 24.0 Å². The van der Waals surface area contributed by atoms with Crippen LogP contribution >= 0.6 is 0 Å². The Bertz CT molecular complexity index is 1360. The molecule has 1 amide bonds. The van der Waals surface area contributed by atoms with Gasteiger partial charge in [0.25, 0.3) is 11.5 Å². The van der Waals surface area contributed by atoms with E-state index in [1.165, 1.54) is 50.3 Å². The van der Waals surface area contributed by atoms with Gasteiger partial charge in [0.05, 0.1) is 17.4 Å². The molecule has 2 aliphatic rings. The molecule has 1 aromatic heterocycles. The molecule has 1 saturated heterocycles. The number of carbonyl (C=O) groups is 1. The number of amides is 1. The van der Waals surface area contributed by atoms with Crippen molar-refractivity contribution in [1.82, 2.24) is 19.4 Å². The highest BCUT2D eigenvalue weighted by molar-refractivity contribution is 5.97. The van der Waals surface area contributed by atoms with Crippen LogP contribution in [0.1, 0.15) is 48.0 Å². The first-order valence-corrected chi connectivity index (χ1v) is 12.2. The van der Waals surface area contributed by atoms with Crippen LogP contribution in [0.3, 0.4) is 0 Å². The van der Waals surface area contributed by atoms with Gasteiger partial charge in [-0.05, 0) is 48.7 Å². The lowest BCUT2D eigenvalue weighted by atomic mass is 9.94. The molecule has 9 heteroatoms. The first-order valence-electron chi connectivity index (χ1n) is 12.2. The van der Waals surface area contributed by atoms with E-state index in [4.69, 9.17) is 0 Å². The first kappa shape index (κ1) is 23.2. The molecule has 0 bridgehead atoms. The van der Waals surface area contributed by atoms with Gasteiger partial charge < -0.3 is 20.1 Å². The number of carbonyl (C=O) groups excluding carboxylic acids is 1. The van der Waals surface area contributed by atoms with Crippen molar-refractivity contribution in [2.24, 2.45) is 0 Å². The van der Waals surface area contributed by atoms with E-state index >= 15 is 0 Å². The molecule has 2 aromatic carbocycles. The summed E-state index contributed by atoms with van der Waals surface area (Å²) in [6.45, 7) is 3.02. The van der Waals surface area contributed by atoms with Crippen LogP contribution in [-0.2, 0) is 6.54 Å². The summed E-state index contributed by atoms with van der Waals surface area (Å²) in [5, 5.41) is 19.5. The molecule has 184 valence electrons. The molecule has 1 aliphatic heterocycles. The van der Waals surface area contributed by atoms with Crippen molar-refractivity contribution in [3.05, 3.63) is 68.4 Å². The second-order valence-electron chi connectivity index (χ2n) is 9.52. The highest BCUT2D eigenvalue weighted by atomic mass is 16.3. The van der Waals surface area contributed by atoms with Crippen molar-refractivity contribution in [1.29, 1.82) is 0 Å². The number of hydrogen-bond acceptors (Lipinski definition) is 6. The smallest absolute Gasteiger partial charge is 0.329 e. The molecule has 1 saturated carbocycles. The average Bonchev–Trinajstić information content (AvgIpc) is 2.88. The van der Waals surface area contributed by atoms with Crippen LogP contribution in [0, 0.1) is 0 Å². The van der Waals surface area contributed by atoms with Gasteiger partial charge in [0, 0.05) is 37.8 Å². The third-order valence-corrected chi connectivity index (χ3v) is 7.30. The molecule has 3 N–H and O–H groups in total. The lowest BCUT2D eigenvalue weighted by Crippen LogP contribution is -2.52. The van der Waals surface area contributed by atoms with Gasteiger partial charge in [-0.25, -0.2) is 4.79 Å². The lowest BCUT2D eigenvalue weighted by molar-refractivity contribution is 0.0523. The number of rotatable bonds is 4. The van der Waals surface area contributed by atoms with Crippen LogP contribution < -0.4 is 11.2 Å². The monoisotopic (exact) mass is 478 g/mol. The van der Waals surface area contributed by atoms with Crippen molar-refractivity contribution >= 4 is 16.8 Å². The average molecular weight is 479 g/mol. The number of nitrogens with zero attached hydrogens (tertiary/aromatic N) is 3. The van der Waals surface area contributed by atoms with E-state index in [0.717, 1.165) is 17.7 Å². The lowest BCUT2D eigenvalue weighted by Gasteiger charge is -2.40. The van der Waals surface area contributed by atoms with Crippen LogP contribution in [0.4, 0.5) is 0 Å². The molecule has 9 nitrogen and oxygen atoms in total. The number of benzene rings is 2. The number of H-pyrrole nitrogens is 1. The molecule has 0 spiro atoms. The summed E-state index contributed by atoms with van der Waals surface area (Å²) < 4.78 is 1.03. The number of hydrogen-bond donors (Lipinski definition) is 3. The summed E-state index contributed by atoms with van der Waals surface area (Å²) in [5.74, 6) is -0.698. The Morgan fingerprint density at radius 1 is 0.914 bits per heavy atom. The van der Waals surface area contributed by atoms with Gasteiger partial charge in [-0.2, -0.15) is 0 Å². The van der Waals surface area contributed by atoms with Crippen molar-refractivity contribution in [3.63, 3.8) is 0 Å². The molecule has 1 aliphatic carbocycles. The maximum atomic E-state index is 13.2. The molecule has 0 unspecified atom stereocenters. The second-order valence-corrected chi connectivity index (χ2v) is 9.52. The van der Waals surface area contributed by atoms with Gasteiger partial charge in [0.15, 0.2) is 11.5 Å². The largest absolute Gasteiger partial charge is 0.504 e. The fourth-order valence-electron chi connectivity index (χ4n) is 5.30. The van der Waals surface area contributed by atoms with Gasteiger partial charge in [-0.3, -0.25) is 19.1 Å². The van der Waals surface area contributed by atoms with E-state index in [1.807, 2.05) is 4.90 Å². The number of fused-ring (bicyclic) bond motifs is 1. The molecule has 2 fully saturated rings. The fourth-order valence-corrected chi connectivity index (χ4v) is 5.30. The molecular formula is C26H30N4O5. The Kier molecular flexibility index (Phi) is 6.34. The van der Waals surface area contributed by atoms with Crippen molar-refractivity contribution in [2.75, 3.05) is 26.2 Å². The maximum Gasteiger partial charge on any atom is 0.329 e. The zero-order chi connectivity index (χ0) is 24.5. The third kappa shape index (κ3) is 4.68. The number of phenolic OH excluding ortho intramolecular Hbond substituents is 2. The summed E-state index contributed by atoms with van der Waals surface area (Å²) in [7, 11) is 0. The molecule has 0 radical (unpaired) electrons. The van der Waals surface area contributed by atoms with Crippen LogP contribution in [0.5, 0.6) is 11.5 Å². The first-order chi connectivity index (χ1) is 16.9. The second kappa shape index (κ2) is 9.58. The number of nitrogens with one attached hydrogen (secondary N) is 1. The minimum absolute atomic E-state index is 0.0656. The molecule has 5 rings (SSSR count). The van der Waals surface area contributed by atoms with Gasteiger partial charge >= 0.3 is 5.69 Å². The summed E-state index contributed by atoms with van der Waals surface area (Å²) in [6.07, 6.45) is 6.40. The Morgan fingerprint density at radius 2 is 1.66 bits per heavy atom. The summed E-state index contributed by atoms with van der Waals surface area (Å²) in [6, 6.07) is 9.56.